The fourth-order valence-electron chi connectivity index (χ4n) is 1.65. The summed E-state index contributed by atoms with van der Waals surface area (Å²) in [5, 5.41) is 9.19. The average Bonchev–Trinajstić information content (AvgIpc) is 2.42. The first-order valence-corrected chi connectivity index (χ1v) is 7.09. The van der Waals surface area contributed by atoms with E-state index in [2.05, 4.69) is 0 Å². The molecule has 0 atom stereocenters. The minimum Gasteiger partial charge on any atom is -0.478 e. The smallest absolute Gasteiger partial charge is 0.332 e. The summed E-state index contributed by atoms with van der Waals surface area (Å²) in [5.41, 5.74) is 1.31. The Morgan fingerprint density at radius 2 is 1.95 bits per heavy atom. The van der Waals surface area contributed by atoms with E-state index in [4.69, 9.17) is 9.47 Å². The van der Waals surface area contributed by atoms with Crippen LogP contribution in [0.4, 0.5) is 0 Å². The van der Waals surface area contributed by atoms with Crippen LogP contribution >= 0.6 is 11.8 Å². The van der Waals surface area contributed by atoms with Gasteiger partial charge in [-0.2, -0.15) is 0 Å². The number of carboxylic acid groups (broad SMARTS) is 1. The largest absolute Gasteiger partial charge is 0.478 e. The van der Waals surface area contributed by atoms with Gasteiger partial charge in [0.15, 0.2) is 6.79 Å². The molecule has 0 bridgehead atoms. The lowest BCUT2D eigenvalue weighted by Crippen LogP contribution is -2.02. The highest BCUT2D eigenvalue weighted by atomic mass is 32.2. The van der Waals surface area contributed by atoms with Crippen LogP contribution in [0.5, 0.6) is 5.75 Å². The Kier molecular flexibility index (Phi) is 6.45. The zero-order chi connectivity index (χ0) is 14.3. The highest BCUT2D eigenvalue weighted by Crippen LogP contribution is 2.31. The lowest BCUT2D eigenvalue weighted by Gasteiger charge is -2.10. The van der Waals surface area contributed by atoms with Crippen molar-refractivity contribution >= 4 is 22.6 Å². The van der Waals surface area contributed by atoms with Crippen molar-refractivity contribution in [1.29, 1.82) is 0 Å². The van der Waals surface area contributed by atoms with Crippen molar-refractivity contribution in [2.45, 2.75) is 13.3 Å². The van der Waals surface area contributed by atoms with Crippen LogP contribution in [0.2, 0.25) is 0 Å². The monoisotopic (exact) mass is 282 g/mol. The van der Waals surface area contributed by atoms with Gasteiger partial charge in [-0.1, -0.05) is 19.1 Å². The molecule has 4 nitrogen and oxygen atoms in total. The Morgan fingerprint density at radius 1 is 1.32 bits per heavy atom. The number of hydrogen-bond acceptors (Lipinski definition) is 4. The topological polar surface area (TPSA) is 55.8 Å². The number of rotatable bonds is 7. The summed E-state index contributed by atoms with van der Waals surface area (Å²) in [7, 11) is 1.56. The second-order valence-electron chi connectivity index (χ2n) is 3.75. The first-order valence-electron chi connectivity index (χ1n) is 5.86. The molecule has 0 aliphatic heterocycles. The van der Waals surface area contributed by atoms with Crippen LogP contribution in [-0.4, -0.2) is 31.2 Å². The van der Waals surface area contributed by atoms with Gasteiger partial charge in [0.1, 0.15) is 5.75 Å². The zero-order valence-corrected chi connectivity index (χ0v) is 12.1. The third-order valence-electron chi connectivity index (χ3n) is 2.55. The second kappa shape index (κ2) is 7.86. The molecule has 1 aromatic rings. The molecule has 0 radical (unpaired) electrons. The molecule has 0 aliphatic rings. The predicted molar refractivity (Wildman–Crippen MR) is 77.3 cm³/mol. The SMILES string of the molecule is CC/C(C(=O)O)=C(\SC)c1ccc(OCOC)cc1. The van der Waals surface area contributed by atoms with Gasteiger partial charge in [-0.25, -0.2) is 4.79 Å². The van der Waals surface area contributed by atoms with Crippen LogP contribution in [0.15, 0.2) is 29.8 Å². The summed E-state index contributed by atoms with van der Waals surface area (Å²) in [6.45, 7) is 2.04. The molecule has 1 rings (SSSR count). The van der Waals surface area contributed by atoms with E-state index in [1.807, 2.05) is 25.3 Å². The summed E-state index contributed by atoms with van der Waals surface area (Å²) in [5.74, 6) is -0.175. The first kappa shape index (κ1) is 15.6. The number of benzene rings is 1. The number of ether oxygens (including phenoxy) is 2. The lowest BCUT2D eigenvalue weighted by atomic mass is 10.1. The molecule has 0 fully saturated rings. The number of hydrogen-bond donors (Lipinski definition) is 1. The van der Waals surface area contributed by atoms with Crippen LogP contribution in [0, 0.1) is 0 Å². The number of thioether (sulfide) groups is 1. The van der Waals surface area contributed by atoms with Crippen molar-refractivity contribution in [3.05, 3.63) is 35.4 Å². The van der Waals surface area contributed by atoms with Gasteiger partial charge >= 0.3 is 5.97 Å². The van der Waals surface area contributed by atoms with Crippen LogP contribution in [-0.2, 0) is 9.53 Å². The van der Waals surface area contributed by atoms with E-state index in [1.54, 1.807) is 19.2 Å². The molecule has 0 saturated carbocycles. The number of aliphatic carboxylic acids is 1. The first-order chi connectivity index (χ1) is 9.13. The minimum absolute atomic E-state index is 0.194. The maximum absolute atomic E-state index is 11.2. The summed E-state index contributed by atoms with van der Waals surface area (Å²) >= 11 is 1.44. The van der Waals surface area contributed by atoms with Crippen molar-refractivity contribution in [3.8, 4) is 5.75 Å². The fourth-order valence-corrected chi connectivity index (χ4v) is 2.50. The van der Waals surface area contributed by atoms with E-state index < -0.39 is 5.97 Å². The van der Waals surface area contributed by atoms with E-state index in [9.17, 15) is 9.90 Å². The summed E-state index contributed by atoms with van der Waals surface area (Å²) in [4.78, 5) is 12.0. The predicted octanol–water partition coefficient (Wildman–Crippen LogP) is 3.24. The summed E-state index contributed by atoms with van der Waals surface area (Å²) < 4.78 is 10.1. The molecule has 104 valence electrons. The maximum Gasteiger partial charge on any atom is 0.332 e. The lowest BCUT2D eigenvalue weighted by molar-refractivity contribution is -0.132. The Balaban J connectivity index is 3.03. The van der Waals surface area contributed by atoms with Gasteiger partial charge in [0.05, 0.1) is 5.57 Å². The normalized spacial score (nSPS) is 11.9. The Hall–Kier alpha value is -1.46. The standard InChI is InChI=1S/C14H18O4S/c1-4-12(14(15)16)13(19-3)10-5-7-11(8-6-10)18-9-17-2/h5-8H,4,9H2,1-3H3,(H,15,16)/b13-12+. The maximum atomic E-state index is 11.2. The molecular weight excluding hydrogens is 264 g/mol. The Labute approximate surface area is 117 Å². The number of carbonyl (C=O) groups is 1. The van der Waals surface area contributed by atoms with Gasteiger partial charge in [0.25, 0.3) is 0 Å². The number of carboxylic acids is 1. The van der Waals surface area contributed by atoms with Crippen molar-refractivity contribution in [2.75, 3.05) is 20.2 Å². The van der Waals surface area contributed by atoms with E-state index in [0.717, 1.165) is 10.5 Å². The summed E-state index contributed by atoms with van der Waals surface area (Å²) in [6.07, 6.45) is 2.37. The zero-order valence-electron chi connectivity index (χ0n) is 11.3. The van der Waals surface area contributed by atoms with Crippen molar-refractivity contribution in [1.82, 2.24) is 0 Å². The molecule has 0 aliphatic carbocycles. The molecular formula is C14H18O4S. The van der Waals surface area contributed by atoms with Crippen LogP contribution in [0.3, 0.4) is 0 Å². The molecule has 0 unspecified atom stereocenters. The number of methoxy groups -OCH3 is 1. The molecule has 0 amide bonds. The van der Waals surface area contributed by atoms with Crippen LogP contribution < -0.4 is 4.74 Å². The quantitative estimate of drug-likeness (QED) is 0.614. The van der Waals surface area contributed by atoms with Crippen molar-refractivity contribution in [2.24, 2.45) is 0 Å². The molecule has 1 aromatic carbocycles. The molecule has 0 saturated heterocycles. The van der Waals surface area contributed by atoms with E-state index in [0.29, 0.717) is 17.7 Å². The van der Waals surface area contributed by atoms with E-state index in [-0.39, 0.29) is 6.79 Å². The molecule has 19 heavy (non-hydrogen) atoms. The van der Waals surface area contributed by atoms with E-state index >= 15 is 0 Å². The molecule has 1 N–H and O–H groups in total. The van der Waals surface area contributed by atoms with Gasteiger partial charge < -0.3 is 14.6 Å². The second-order valence-corrected chi connectivity index (χ2v) is 4.56. The minimum atomic E-state index is -0.869. The van der Waals surface area contributed by atoms with Crippen molar-refractivity contribution in [3.63, 3.8) is 0 Å². The van der Waals surface area contributed by atoms with Gasteiger partial charge in [-0.3, -0.25) is 0 Å². The van der Waals surface area contributed by atoms with Crippen LogP contribution in [0.25, 0.3) is 4.91 Å². The van der Waals surface area contributed by atoms with Gasteiger partial charge in [0, 0.05) is 12.0 Å². The van der Waals surface area contributed by atoms with Gasteiger partial charge in [-0.15, -0.1) is 11.8 Å². The van der Waals surface area contributed by atoms with Crippen molar-refractivity contribution < 1.29 is 19.4 Å². The molecule has 0 spiro atoms. The third-order valence-corrected chi connectivity index (χ3v) is 3.44. The Bertz CT molecular complexity index is 451. The molecule has 5 heteroatoms. The Morgan fingerprint density at radius 3 is 2.37 bits per heavy atom. The third kappa shape index (κ3) is 4.29. The highest BCUT2D eigenvalue weighted by molar-refractivity contribution is 8.07. The molecule has 0 heterocycles. The fraction of sp³-hybridized carbons (Fsp3) is 0.357. The molecule has 0 aromatic heterocycles. The van der Waals surface area contributed by atoms with Gasteiger partial charge in [-0.05, 0) is 30.4 Å². The van der Waals surface area contributed by atoms with E-state index in [1.165, 1.54) is 11.8 Å². The highest BCUT2D eigenvalue weighted by Gasteiger charge is 2.13. The van der Waals surface area contributed by atoms with Crippen LogP contribution in [0.1, 0.15) is 18.9 Å². The average molecular weight is 282 g/mol. The summed E-state index contributed by atoms with van der Waals surface area (Å²) in [6, 6.07) is 7.32. The van der Waals surface area contributed by atoms with Gasteiger partial charge in [0.2, 0.25) is 0 Å².